The van der Waals surface area contributed by atoms with Crippen molar-refractivity contribution in [3.63, 3.8) is 0 Å². The Morgan fingerprint density at radius 3 is 2.92 bits per heavy atom. The molecule has 10 heteroatoms. The van der Waals surface area contributed by atoms with Crippen molar-refractivity contribution in [1.82, 2.24) is 20.0 Å². The molecule has 0 radical (unpaired) electrons. The highest BCUT2D eigenvalue weighted by atomic mass is 32.2. The molecule has 1 N–H and O–H groups in total. The van der Waals surface area contributed by atoms with Gasteiger partial charge >= 0.3 is 6.03 Å². The highest BCUT2D eigenvalue weighted by Gasteiger charge is 2.34. The van der Waals surface area contributed by atoms with Crippen LogP contribution in [-0.2, 0) is 4.79 Å². The summed E-state index contributed by atoms with van der Waals surface area (Å²) in [5.74, 6) is 1.19. The first-order chi connectivity index (χ1) is 12.5. The normalized spacial score (nSPS) is 17.6. The summed E-state index contributed by atoms with van der Waals surface area (Å²) in [5.41, 5.74) is 0.864. The molecule has 1 atom stereocenters. The van der Waals surface area contributed by atoms with Crippen molar-refractivity contribution in [2.45, 2.75) is 16.8 Å². The van der Waals surface area contributed by atoms with E-state index < -0.39 is 0 Å². The number of anilines is 2. The van der Waals surface area contributed by atoms with Gasteiger partial charge in [-0.05, 0) is 12.1 Å². The third-order valence-corrected chi connectivity index (χ3v) is 6.16. The molecule has 2 heterocycles. The van der Waals surface area contributed by atoms with Crippen LogP contribution in [0.15, 0.2) is 28.6 Å². The quantitative estimate of drug-likeness (QED) is 0.755. The zero-order valence-electron chi connectivity index (χ0n) is 14.6. The minimum atomic E-state index is -0.274. The molecular weight excluding hydrogens is 374 g/mol. The van der Waals surface area contributed by atoms with Crippen molar-refractivity contribution in [2.24, 2.45) is 0 Å². The van der Waals surface area contributed by atoms with Crippen molar-refractivity contribution in [2.75, 3.05) is 32.3 Å². The fourth-order valence-electron chi connectivity index (χ4n) is 2.46. The lowest BCUT2D eigenvalue weighted by molar-refractivity contribution is -0.130. The molecule has 1 unspecified atom stereocenters. The third-order valence-electron chi connectivity index (χ3n) is 4.05. The first kappa shape index (κ1) is 18.5. The fraction of sp³-hybridized carbons (Fsp3) is 0.375. The zero-order valence-corrected chi connectivity index (χ0v) is 16.3. The predicted octanol–water partition coefficient (Wildman–Crippen LogP) is 2.66. The van der Waals surface area contributed by atoms with Crippen LogP contribution in [0, 0.1) is 0 Å². The topological polar surface area (TPSA) is 87.7 Å². The summed E-state index contributed by atoms with van der Waals surface area (Å²) >= 11 is 2.91. The Morgan fingerprint density at radius 2 is 2.15 bits per heavy atom. The number of ether oxygens (including phenoxy) is 1. The number of nitrogens with zero attached hydrogens (tertiary/aromatic N) is 4. The Kier molecular flexibility index (Phi) is 5.62. The molecule has 1 saturated heterocycles. The summed E-state index contributed by atoms with van der Waals surface area (Å²) in [6.07, 6.45) is 0.319. The molecule has 0 aliphatic carbocycles. The molecule has 0 spiro atoms. The highest BCUT2D eigenvalue weighted by molar-refractivity contribution is 8.01. The largest absolute Gasteiger partial charge is 0.497 e. The van der Waals surface area contributed by atoms with E-state index in [1.54, 1.807) is 19.1 Å². The molecule has 1 aromatic carbocycles. The molecule has 3 amide bonds. The number of amides is 3. The van der Waals surface area contributed by atoms with E-state index in [1.165, 1.54) is 30.1 Å². The molecule has 1 aliphatic heterocycles. The van der Waals surface area contributed by atoms with Crippen LogP contribution >= 0.6 is 23.1 Å². The van der Waals surface area contributed by atoms with Crippen LogP contribution < -0.4 is 10.1 Å². The van der Waals surface area contributed by atoms with Crippen molar-refractivity contribution in [1.29, 1.82) is 0 Å². The number of rotatable bonds is 6. The minimum absolute atomic E-state index is 0.144. The van der Waals surface area contributed by atoms with Crippen LogP contribution in [0.4, 0.5) is 15.6 Å². The standard InChI is InChI=1S/C16H19N5O3S2/c1-20-11(8-13(22)21(2)16(20)23)9-25-15-19-18-14(26-15)17-10-5-4-6-12(7-10)24-3/h4-7,11H,8-9H2,1-3H3,(H,17,18). The Balaban J connectivity index is 1.58. The average Bonchev–Trinajstić information content (AvgIpc) is 3.09. The zero-order chi connectivity index (χ0) is 18.7. The van der Waals surface area contributed by atoms with Gasteiger partial charge in [0, 0.05) is 38.0 Å². The second-order valence-electron chi connectivity index (χ2n) is 5.75. The Labute approximate surface area is 159 Å². The van der Waals surface area contributed by atoms with E-state index >= 15 is 0 Å². The SMILES string of the molecule is COc1cccc(Nc2nnc(SCC3CC(=O)N(C)C(=O)N3C)s2)c1. The van der Waals surface area contributed by atoms with Gasteiger partial charge in [-0.15, -0.1) is 10.2 Å². The summed E-state index contributed by atoms with van der Waals surface area (Å²) in [5, 5.41) is 12.2. The van der Waals surface area contributed by atoms with Gasteiger partial charge in [0.15, 0.2) is 4.34 Å². The molecular formula is C16H19N5O3S2. The number of imide groups is 1. The number of carbonyl (C=O) groups excluding carboxylic acids is 2. The molecule has 1 aliphatic rings. The molecule has 0 bridgehead atoms. The van der Waals surface area contributed by atoms with E-state index in [-0.39, 0.29) is 18.0 Å². The fourth-order valence-corrected chi connectivity index (χ4v) is 4.41. The van der Waals surface area contributed by atoms with Crippen LogP contribution in [0.25, 0.3) is 0 Å². The van der Waals surface area contributed by atoms with E-state index in [4.69, 9.17) is 4.74 Å². The van der Waals surface area contributed by atoms with Crippen LogP contribution in [0.1, 0.15) is 6.42 Å². The lowest BCUT2D eigenvalue weighted by atomic mass is 10.1. The molecule has 8 nitrogen and oxygen atoms in total. The number of hydrogen-bond donors (Lipinski definition) is 1. The number of thioether (sulfide) groups is 1. The maximum Gasteiger partial charge on any atom is 0.326 e. The van der Waals surface area contributed by atoms with Crippen molar-refractivity contribution in [3.05, 3.63) is 24.3 Å². The monoisotopic (exact) mass is 393 g/mol. The number of urea groups is 1. The maximum absolute atomic E-state index is 12.0. The molecule has 0 saturated carbocycles. The number of hydrogen-bond acceptors (Lipinski definition) is 8. The van der Waals surface area contributed by atoms with Crippen molar-refractivity contribution >= 4 is 45.9 Å². The highest BCUT2D eigenvalue weighted by Crippen LogP contribution is 2.30. The van der Waals surface area contributed by atoms with Gasteiger partial charge in [0.25, 0.3) is 0 Å². The molecule has 138 valence electrons. The number of nitrogens with one attached hydrogen (secondary N) is 1. The van der Waals surface area contributed by atoms with Gasteiger partial charge in [-0.1, -0.05) is 29.2 Å². The van der Waals surface area contributed by atoms with Gasteiger partial charge in [-0.2, -0.15) is 0 Å². The van der Waals surface area contributed by atoms with Gasteiger partial charge in [0.2, 0.25) is 11.0 Å². The van der Waals surface area contributed by atoms with E-state index in [0.717, 1.165) is 20.7 Å². The lowest BCUT2D eigenvalue weighted by Gasteiger charge is -2.35. The summed E-state index contributed by atoms with van der Waals surface area (Å²) < 4.78 is 5.98. The Bertz CT molecular complexity index is 813. The predicted molar refractivity (Wildman–Crippen MR) is 101 cm³/mol. The minimum Gasteiger partial charge on any atom is -0.497 e. The second-order valence-corrected chi connectivity index (χ2v) is 7.99. The molecule has 1 fully saturated rings. The first-order valence-electron chi connectivity index (χ1n) is 7.88. The number of methoxy groups -OCH3 is 1. The van der Waals surface area contributed by atoms with E-state index in [0.29, 0.717) is 17.3 Å². The molecule has 1 aromatic heterocycles. The van der Waals surface area contributed by atoms with E-state index in [9.17, 15) is 9.59 Å². The summed E-state index contributed by atoms with van der Waals surface area (Å²) in [7, 11) is 4.84. The van der Waals surface area contributed by atoms with Gasteiger partial charge in [0.1, 0.15) is 5.75 Å². The summed E-state index contributed by atoms with van der Waals surface area (Å²) in [6, 6.07) is 7.13. The first-order valence-corrected chi connectivity index (χ1v) is 9.69. The lowest BCUT2D eigenvalue weighted by Crippen LogP contribution is -2.54. The smallest absolute Gasteiger partial charge is 0.326 e. The van der Waals surface area contributed by atoms with Crippen LogP contribution in [0.5, 0.6) is 5.75 Å². The molecule has 26 heavy (non-hydrogen) atoms. The maximum atomic E-state index is 12.0. The van der Waals surface area contributed by atoms with Crippen LogP contribution in [-0.4, -0.2) is 64.9 Å². The van der Waals surface area contributed by atoms with Gasteiger partial charge in [-0.25, -0.2) is 4.79 Å². The number of carbonyl (C=O) groups is 2. The van der Waals surface area contributed by atoms with Gasteiger partial charge < -0.3 is 15.0 Å². The third kappa shape index (κ3) is 4.07. The van der Waals surface area contributed by atoms with Crippen LogP contribution in [0.2, 0.25) is 0 Å². The van der Waals surface area contributed by atoms with Crippen LogP contribution in [0.3, 0.4) is 0 Å². The summed E-state index contributed by atoms with van der Waals surface area (Å²) in [4.78, 5) is 26.6. The van der Waals surface area contributed by atoms with Crippen molar-refractivity contribution < 1.29 is 14.3 Å². The number of benzene rings is 1. The van der Waals surface area contributed by atoms with Crippen molar-refractivity contribution in [3.8, 4) is 5.75 Å². The Hall–Kier alpha value is -2.33. The average molecular weight is 393 g/mol. The summed E-state index contributed by atoms with van der Waals surface area (Å²) in [6.45, 7) is 0. The van der Waals surface area contributed by atoms with Gasteiger partial charge in [0.05, 0.1) is 13.2 Å². The van der Waals surface area contributed by atoms with E-state index in [1.807, 2.05) is 24.3 Å². The number of aromatic nitrogens is 2. The van der Waals surface area contributed by atoms with E-state index in [2.05, 4.69) is 15.5 Å². The van der Waals surface area contributed by atoms with Gasteiger partial charge in [-0.3, -0.25) is 9.69 Å². The second kappa shape index (κ2) is 7.92. The molecule has 3 rings (SSSR count). The Morgan fingerprint density at radius 1 is 1.35 bits per heavy atom. The molecule has 2 aromatic rings.